The van der Waals surface area contributed by atoms with Crippen LogP contribution in [-0.2, 0) is 4.79 Å². The minimum absolute atomic E-state index is 0.00231. The van der Waals surface area contributed by atoms with Gasteiger partial charge in [0.2, 0.25) is 5.91 Å². The number of rotatable bonds is 1. The average molecular weight is 87.1 g/mol. The van der Waals surface area contributed by atoms with Crippen LogP contribution < -0.4 is 5.72 Å². The van der Waals surface area contributed by atoms with Gasteiger partial charge < -0.3 is 5.72 Å². The Morgan fingerprint density at radius 2 is 2.67 bits per heavy atom. The lowest BCUT2D eigenvalue weighted by Gasteiger charge is -1.81. The summed E-state index contributed by atoms with van der Waals surface area (Å²) in [4.78, 5) is 10.3. The van der Waals surface area contributed by atoms with Crippen LogP contribution in [0.5, 0.6) is 0 Å². The van der Waals surface area contributed by atoms with E-state index >= 15 is 0 Å². The smallest absolute Gasteiger partial charge is 0.243 e. The molecule has 0 aliphatic carbocycles. The third kappa shape index (κ3) is 1.52. The summed E-state index contributed by atoms with van der Waals surface area (Å²) in [5, 5.41) is 0. The highest BCUT2D eigenvalue weighted by atomic mass is 16.1. The maximum Gasteiger partial charge on any atom is 0.243 e. The molecule has 0 aliphatic rings. The van der Waals surface area contributed by atoms with E-state index in [4.69, 9.17) is 2.82 Å². The summed E-state index contributed by atoms with van der Waals surface area (Å²) in [7, 11) is 0. The van der Waals surface area contributed by atoms with Gasteiger partial charge in [0.1, 0.15) is 0 Å². The van der Waals surface area contributed by atoms with E-state index in [0.717, 1.165) is 0 Å². The Bertz CT molecular complexity index is 121. The molecular weight excluding hydrogens is 78.0 g/mol. The van der Waals surface area contributed by atoms with Gasteiger partial charge in [0.25, 0.3) is 0 Å². The maximum absolute atomic E-state index is 10.3. The average Bonchev–Trinajstić information content (AvgIpc) is 1.64. The minimum Gasteiger partial charge on any atom is -0.366 e. The van der Waals surface area contributed by atoms with Gasteiger partial charge in [-0.15, -0.1) is 0 Å². The molecule has 0 atom stereocenters. The molecule has 0 heterocycles. The van der Waals surface area contributed by atoms with Crippen LogP contribution in [0.4, 0.5) is 0 Å². The molecule has 1 amide bonds. The molecule has 0 aromatic rings. The van der Waals surface area contributed by atoms with Gasteiger partial charge in [-0.2, -0.15) is 0 Å². The second-order valence-corrected chi connectivity index (χ2v) is 1.09. The number of nitrogens with two attached hydrogens (primary N) is 1. The fraction of sp³-hybridized carbons (Fsp3) is 0.250. The van der Waals surface area contributed by atoms with Crippen LogP contribution in [0.3, 0.4) is 0 Å². The zero-order chi connectivity index (χ0) is 6.73. The fourth-order valence-electron chi connectivity index (χ4n) is 0. The van der Waals surface area contributed by atoms with Crippen molar-refractivity contribution in [2.45, 2.75) is 6.92 Å². The highest BCUT2D eigenvalue weighted by Crippen LogP contribution is 1.78. The minimum atomic E-state index is -0.676. The number of hydrogen-bond acceptors (Lipinski definition) is 1. The summed E-state index contributed by atoms with van der Waals surface area (Å²) >= 11 is 0. The first-order valence-electron chi connectivity index (χ1n) is 2.43. The van der Waals surface area contributed by atoms with Crippen LogP contribution in [0.15, 0.2) is 12.2 Å². The van der Waals surface area contributed by atoms with Crippen molar-refractivity contribution >= 4 is 5.91 Å². The molecule has 0 rings (SSSR count). The van der Waals surface area contributed by atoms with Crippen molar-refractivity contribution in [3.05, 3.63) is 12.2 Å². The molecule has 0 aromatic heterocycles. The summed E-state index contributed by atoms with van der Waals surface area (Å²) in [5.41, 5.74) is 0.206. The lowest BCUT2D eigenvalue weighted by molar-refractivity contribution is -0.114. The molecule has 0 aromatic carbocycles. The molecule has 0 spiro atoms. The Labute approximate surface area is 39.6 Å². The SMILES string of the molecule is [2H]N([2H])C(=O)C(=C)C. The molecule has 2 nitrogen and oxygen atoms in total. The van der Waals surface area contributed by atoms with Crippen LogP contribution >= 0.6 is 0 Å². The highest BCUT2D eigenvalue weighted by molar-refractivity contribution is 5.90. The summed E-state index contributed by atoms with van der Waals surface area (Å²) < 4.78 is 12.8. The monoisotopic (exact) mass is 87.1 g/mol. The molecule has 2 N–H and O–H groups in total. The summed E-state index contributed by atoms with van der Waals surface area (Å²) in [6, 6.07) is 0. The second kappa shape index (κ2) is 1.60. The van der Waals surface area contributed by atoms with Crippen LogP contribution in [-0.4, -0.2) is 5.91 Å². The predicted octanol–water partition coefficient (Wildman–Crippen LogP) is 0.0478. The van der Waals surface area contributed by atoms with Crippen molar-refractivity contribution in [3.63, 3.8) is 0 Å². The van der Waals surface area contributed by atoms with Crippen LogP contribution in [0, 0.1) is 0 Å². The molecule has 0 aliphatic heterocycles. The van der Waals surface area contributed by atoms with Gasteiger partial charge in [0.15, 0.2) is 2.82 Å². The highest BCUT2D eigenvalue weighted by Gasteiger charge is 1.86. The summed E-state index contributed by atoms with van der Waals surface area (Å²) in [6.45, 7) is 4.70. The Morgan fingerprint density at radius 1 is 2.17 bits per heavy atom. The molecule has 0 saturated carbocycles. The third-order valence-electron chi connectivity index (χ3n) is 0.365. The van der Waals surface area contributed by atoms with Crippen LogP contribution in [0.25, 0.3) is 0 Å². The van der Waals surface area contributed by atoms with Gasteiger partial charge in [-0.1, -0.05) is 6.58 Å². The van der Waals surface area contributed by atoms with Crippen molar-refractivity contribution in [3.8, 4) is 0 Å². The first-order chi connectivity index (χ1) is 3.55. The Morgan fingerprint density at radius 3 is 2.67 bits per heavy atom. The molecule has 0 unspecified atom stereocenters. The van der Waals surface area contributed by atoms with Gasteiger partial charge in [-0.25, -0.2) is 0 Å². The molecule has 0 saturated heterocycles. The lowest BCUT2D eigenvalue weighted by atomic mass is 10.3. The third-order valence-corrected chi connectivity index (χ3v) is 0.365. The summed E-state index contributed by atoms with van der Waals surface area (Å²) in [6.07, 6.45) is 0. The van der Waals surface area contributed by atoms with Crippen molar-refractivity contribution in [2.75, 3.05) is 0 Å². The van der Waals surface area contributed by atoms with Gasteiger partial charge in [0, 0.05) is 5.57 Å². The van der Waals surface area contributed by atoms with Crippen molar-refractivity contribution < 1.29 is 7.62 Å². The van der Waals surface area contributed by atoms with E-state index in [1.807, 2.05) is 0 Å². The summed E-state index contributed by atoms with van der Waals surface area (Å²) in [5.74, 6) is -0.676. The molecular formula is C4H7NO. The molecule has 6 heavy (non-hydrogen) atoms. The molecule has 0 bridgehead atoms. The zero-order valence-electron chi connectivity index (χ0n) is 5.56. The molecule has 34 valence electrons. The standard InChI is InChI=1S/C4H7NO/c1-3(2)4(5)6/h1H2,2H3,(H2,5,6)/i/hD2. The maximum atomic E-state index is 10.3. The Hall–Kier alpha value is -0.790. The Kier molecular flexibility index (Phi) is 0.638. The van der Waals surface area contributed by atoms with E-state index in [1.165, 1.54) is 6.92 Å². The molecule has 0 radical (unpaired) electrons. The topological polar surface area (TPSA) is 43.1 Å². The van der Waals surface area contributed by atoms with E-state index in [-0.39, 0.29) is 11.3 Å². The normalized spacial score (nSPS) is 11.5. The predicted molar refractivity (Wildman–Crippen MR) is 24.0 cm³/mol. The lowest BCUT2D eigenvalue weighted by Crippen LogP contribution is -2.10. The van der Waals surface area contributed by atoms with Crippen molar-refractivity contribution in [1.82, 2.24) is 0 Å². The van der Waals surface area contributed by atoms with Gasteiger partial charge in [0.05, 0.1) is 0 Å². The quantitative estimate of drug-likeness (QED) is 0.451. The van der Waals surface area contributed by atoms with E-state index in [2.05, 4.69) is 6.58 Å². The fourth-order valence-corrected chi connectivity index (χ4v) is 0. The number of hydrogen-bond donors (Lipinski definition) is 1. The Balaban J connectivity index is 3.84. The van der Waals surface area contributed by atoms with Gasteiger partial charge in [-0.3, -0.25) is 4.79 Å². The number of primary amides is 1. The van der Waals surface area contributed by atoms with Crippen molar-refractivity contribution in [1.29, 1.82) is 0 Å². The molecule has 2 heteroatoms. The van der Waals surface area contributed by atoms with Crippen molar-refractivity contribution in [2.24, 2.45) is 5.72 Å². The second-order valence-electron chi connectivity index (χ2n) is 1.09. The number of carbonyl (C=O) groups is 1. The zero-order valence-corrected chi connectivity index (χ0v) is 3.56. The van der Waals surface area contributed by atoms with Crippen LogP contribution in [0.1, 0.15) is 6.92 Å². The van der Waals surface area contributed by atoms with E-state index in [0.29, 0.717) is 0 Å². The first-order valence-corrected chi connectivity index (χ1v) is 1.53. The number of carbonyl (C=O) groups excluding carboxylic acids is 1. The molecule has 0 fully saturated rings. The largest absolute Gasteiger partial charge is 0.366 e. The van der Waals surface area contributed by atoms with Gasteiger partial charge >= 0.3 is 0 Å². The van der Waals surface area contributed by atoms with Crippen LogP contribution in [0.2, 0.25) is 2.82 Å². The first kappa shape index (κ1) is 2.39. The van der Waals surface area contributed by atoms with E-state index in [1.54, 1.807) is 0 Å². The van der Waals surface area contributed by atoms with Gasteiger partial charge in [-0.05, 0) is 6.92 Å². The van der Waals surface area contributed by atoms with E-state index in [9.17, 15) is 4.79 Å². The van der Waals surface area contributed by atoms with E-state index < -0.39 is 5.91 Å². The number of amides is 1.